The van der Waals surface area contributed by atoms with Gasteiger partial charge in [-0.05, 0) is 6.42 Å². The van der Waals surface area contributed by atoms with Crippen molar-refractivity contribution in [2.75, 3.05) is 19.8 Å². The quantitative estimate of drug-likeness (QED) is 0.650. The van der Waals surface area contributed by atoms with Gasteiger partial charge in [-0.15, -0.1) is 17.0 Å². The third kappa shape index (κ3) is 4.66. The molecule has 0 aromatic carbocycles. The average Bonchev–Trinajstić information content (AvgIpc) is 2.65. The molecular formula is C8H15BrN4S. The number of imidazole rings is 1. The molecular weight excluding hydrogens is 264 g/mol. The molecule has 0 atom stereocenters. The van der Waals surface area contributed by atoms with Crippen molar-refractivity contribution in [3.63, 3.8) is 0 Å². The van der Waals surface area contributed by atoms with Gasteiger partial charge < -0.3 is 10.3 Å². The minimum atomic E-state index is 0. The second-order valence-corrected chi connectivity index (χ2v) is 3.54. The minimum absolute atomic E-state index is 0. The monoisotopic (exact) mass is 278 g/mol. The Labute approximate surface area is 98.8 Å². The maximum Gasteiger partial charge on any atom is 0.156 e. The molecule has 0 unspecified atom stereocenters. The third-order valence-corrected chi connectivity index (χ3v) is 2.65. The van der Waals surface area contributed by atoms with Crippen LogP contribution in [0.5, 0.6) is 0 Å². The number of halogens is 1. The number of hydrogen-bond acceptors (Lipinski definition) is 3. The minimum Gasteiger partial charge on any atom is -0.368 e. The predicted octanol–water partition coefficient (Wildman–Crippen LogP) is 1.47. The molecule has 1 heterocycles. The van der Waals surface area contributed by atoms with Crippen LogP contribution in [0.4, 0.5) is 0 Å². The summed E-state index contributed by atoms with van der Waals surface area (Å²) < 4.78 is 0. The molecule has 4 nitrogen and oxygen atoms in total. The number of aromatic amines is 1. The smallest absolute Gasteiger partial charge is 0.156 e. The molecule has 0 radical (unpaired) electrons. The van der Waals surface area contributed by atoms with E-state index in [9.17, 15) is 0 Å². The van der Waals surface area contributed by atoms with Crippen LogP contribution in [0.1, 0.15) is 5.69 Å². The molecule has 80 valence electrons. The second kappa shape index (κ2) is 7.87. The van der Waals surface area contributed by atoms with Crippen LogP contribution in [0.2, 0.25) is 0 Å². The molecule has 0 fully saturated rings. The molecule has 2 N–H and O–H groups in total. The summed E-state index contributed by atoms with van der Waals surface area (Å²) in [7, 11) is 3.67. The first-order chi connectivity index (χ1) is 6.36. The molecule has 0 saturated heterocycles. The lowest BCUT2D eigenvalue weighted by molar-refractivity contribution is 1.08. The Bertz CT molecular complexity index is 260. The van der Waals surface area contributed by atoms with Gasteiger partial charge >= 0.3 is 0 Å². The van der Waals surface area contributed by atoms with E-state index in [1.165, 1.54) is 5.69 Å². The van der Waals surface area contributed by atoms with Crippen molar-refractivity contribution < 1.29 is 0 Å². The summed E-state index contributed by atoms with van der Waals surface area (Å²) in [6.07, 6.45) is 4.54. The number of H-pyrrole nitrogens is 1. The Morgan fingerprint density at radius 1 is 1.71 bits per heavy atom. The summed E-state index contributed by atoms with van der Waals surface area (Å²) in [5.74, 6) is 1.01. The van der Waals surface area contributed by atoms with E-state index < -0.39 is 0 Å². The fourth-order valence-corrected chi connectivity index (χ4v) is 1.72. The van der Waals surface area contributed by atoms with Crippen LogP contribution in [0.25, 0.3) is 0 Å². The molecule has 0 aliphatic rings. The summed E-state index contributed by atoms with van der Waals surface area (Å²) in [5, 5.41) is 3.99. The van der Waals surface area contributed by atoms with E-state index in [0.29, 0.717) is 0 Å². The van der Waals surface area contributed by atoms with Crippen molar-refractivity contribution in [3.05, 3.63) is 18.2 Å². The Hall–Kier alpha value is -0.490. The molecule has 0 bridgehead atoms. The van der Waals surface area contributed by atoms with Gasteiger partial charge in [0.15, 0.2) is 5.17 Å². The second-order valence-electron chi connectivity index (χ2n) is 2.45. The highest BCUT2D eigenvalue weighted by atomic mass is 79.9. The number of aromatic nitrogens is 2. The van der Waals surface area contributed by atoms with Gasteiger partial charge in [0, 0.05) is 31.7 Å². The number of hydrogen-bond donors (Lipinski definition) is 2. The van der Waals surface area contributed by atoms with Gasteiger partial charge in [-0.25, -0.2) is 4.98 Å². The van der Waals surface area contributed by atoms with Gasteiger partial charge in [0.25, 0.3) is 0 Å². The molecule has 0 aliphatic carbocycles. The first-order valence-corrected chi connectivity index (χ1v) is 5.10. The third-order valence-electron chi connectivity index (χ3n) is 1.58. The maximum atomic E-state index is 4.07. The summed E-state index contributed by atoms with van der Waals surface area (Å²) in [6, 6.07) is 0. The van der Waals surface area contributed by atoms with Gasteiger partial charge in [-0.2, -0.15) is 0 Å². The van der Waals surface area contributed by atoms with Crippen molar-refractivity contribution in [3.8, 4) is 0 Å². The molecule has 1 aromatic heterocycles. The number of thioether (sulfide) groups is 1. The molecule has 1 rings (SSSR count). The van der Waals surface area contributed by atoms with Crippen LogP contribution in [0.15, 0.2) is 17.5 Å². The van der Waals surface area contributed by atoms with Crippen molar-refractivity contribution in [1.29, 1.82) is 0 Å². The Morgan fingerprint density at radius 2 is 2.50 bits per heavy atom. The predicted molar refractivity (Wildman–Crippen MR) is 67.5 cm³/mol. The highest BCUT2D eigenvalue weighted by Gasteiger charge is 1.97. The topological polar surface area (TPSA) is 53.1 Å². The molecule has 0 saturated carbocycles. The van der Waals surface area contributed by atoms with E-state index in [0.717, 1.165) is 17.3 Å². The van der Waals surface area contributed by atoms with Gasteiger partial charge in [-0.3, -0.25) is 4.99 Å². The normalized spacial score (nSPS) is 10.9. The Balaban J connectivity index is 0.00000169. The van der Waals surface area contributed by atoms with Crippen LogP contribution >= 0.6 is 28.7 Å². The summed E-state index contributed by atoms with van der Waals surface area (Å²) in [6.45, 7) is 0. The Morgan fingerprint density at radius 3 is 3.00 bits per heavy atom. The number of amidine groups is 1. The number of nitrogens with one attached hydrogen (secondary N) is 2. The lowest BCUT2D eigenvalue weighted by Crippen LogP contribution is -2.14. The van der Waals surface area contributed by atoms with E-state index in [1.807, 2.05) is 13.2 Å². The van der Waals surface area contributed by atoms with Crippen molar-refractivity contribution in [2.45, 2.75) is 6.42 Å². The summed E-state index contributed by atoms with van der Waals surface area (Å²) >= 11 is 1.71. The number of rotatable bonds is 3. The van der Waals surface area contributed by atoms with E-state index >= 15 is 0 Å². The molecule has 14 heavy (non-hydrogen) atoms. The molecule has 6 heteroatoms. The largest absolute Gasteiger partial charge is 0.368 e. The number of nitrogens with zero attached hydrogens (tertiary/aromatic N) is 2. The highest BCUT2D eigenvalue weighted by Crippen LogP contribution is 2.04. The van der Waals surface area contributed by atoms with E-state index in [2.05, 4.69) is 20.3 Å². The van der Waals surface area contributed by atoms with E-state index in [4.69, 9.17) is 0 Å². The lowest BCUT2D eigenvalue weighted by Gasteiger charge is -2.02. The average molecular weight is 279 g/mol. The summed E-state index contributed by atoms with van der Waals surface area (Å²) in [5.41, 5.74) is 1.17. The zero-order chi connectivity index (χ0) is 9.52. The fraction of sp³-hybridized carbons (Fsp3) is 0.500. The molecule has 1 aromatic rings. The highest BCUT2D eigenvalue weighted by molar-refractivity contribution is 8.93. The number of aliphatic imine (C=N–C) groups is 1. The van der Waals surface area contributed by atoms with Crippen molar-refractivity contribution >= 4 is 33.9 Å². The first kappa shape index (κ1) is 13.5. The van der Waals surface area contributed by atoms with Gasteiger partial charge in [0.2, 0.25) is 0 Å². The maximum absolute atomic E-state index is 4.07. The van der Waals surface area contributed by atoms with Gasteiger partial charge in [0.1, 0.15) is 0 Å². The van der Waals surface area contributed by atoms with E-state index in [1.54, 1.807) is 25.1 Å². The zero-order valence-electron chi connectivity index (χ0n) is 8.28. The molecule has 0 aliphatic heterocycles. The van der Waals surface area contributed by atoms with Crippen LogP contribution in [0.3, 0.4) is 0 Å². The zero-order valence-corrected chi connectivity index (χ0v) is 10.8. The Kier molecular flexibility index (Phi) is 7.60. The van der Waals surface area contributed by atoms with Gasteiger partial charge in [-0.1, -0.05) is 11.8 Å². The molecule has 0 spiro atoms. The lowest BCUT2D eigenvalue weighted by atomic mass is 10.4. The standard InChI is InChI=1S/C8H14N4S.BrH/c1-9-8(10-2)13-4-3-7-5-11-6-12-7;/h5-6H,3-4H2,1-2H3,(H,9,10)(H,11,12);1H. The van der Waals surface area contributed by atoms with Crippen LogP contribution in [-0.4, -0.2) is 35.0 Å². The van der Waals surface area contributed by atoms with Crippen LogP contribution < -0.4 is 5.32 Å². The van der Waals surface area contributed by atoms with Crippen molar-refractivity contribution in [1.82, 2.24) is 15.3 Å². The molecule has 0 amide bonds. The summed E-state index contributed by atoms with van der Waals surface area (Å²) in [4.78, 5) is 11.1. The van der Waals surface area contributed by atoms with Crippen LogP contribution in [-0.2, 0) is 6.42 Å². The number of aryl methyl sites for hydroxylation is 1. The van der Waals surface area contributed by atoms with Crippen molar-refractivity contribution in [2.24, 2.45) is 4.99 Å². The van der Waals surface area contributed by atoms with Gasteiger partial charge in [0.05, 0.1) is 6.33 Å². The van der Waals surface area contributed by atoms with E-state index in [-0.39, 0.29) is 17.0 Å². The SMILES string of the molecule is Br.CN=C(NC)SCCc1cnc[nH]1. The van der Waals surface area contributed by atoms with Crippen LogP contribution in [0, 0.1) is 0 Å². The fourth-order valence-electron chi connectivity index (χ4n) is 0.928. The first-order valence-electron chi connectivity index (χ1n) is 4.11.